The van der Waals surface area contributed by atoms with Crippen LogP contribution in [0.1, 0.15) is 0 Å². The van der Waals surface area contributed by atoms with Gasteiger partial charge in [-0.3, -0.25) is 0 Å². The second-order valence-electron chi connectivity index (χ2n) is 1.67. The van der Waals surface area contributed by atoms with Gasteiger partial charge < -0.3 is 9.84 Å². The number of phenolic OH excluding ortho intramolecular Hbond substituents is 1. The molecule has 0 saturated carbocycles. The Balaban J connectivity index is 0.000000810. The fraction of sp³-hybridized carbons (Fsp3) is 0.143. The van der Waals surface area contributed by atoms with E-state index < -0.39 is 0 Å². The Morgan fingerprint density at radius 2 is 1.90 bits per heavy atom. The maximum absolute atomic E-state index is 8.99. The summed E-state index contributed by atoms with van der Waals surface area (Å²) in [7, 11) is 1.52. The molecule has 0 heterocycles. The van der Waals surface area contributed by atoms with E-state index in [0.29, 0.717) is 5.75 Å². The van der Waals surface area contributed by atoms with E-state index in [4.69, 9.17) is 9.84 Å². The van der Waals surface area contributed by atoms with Crippen molar-refractivity contribution in [3.05, 3.63) is 24.3 Å². The average molecular weight is 172 g/mol. The number of ether oxygens (including phenoxy) is 1. The summed E-state index contributed by atoms with van der Waals surface area (Å²) in [6, 6.07) is 6.84. The Bertz CT molecular complexity index is 201. The molecule has 52 valence electrons. The van der Waals surface area contributed by atoms with Crippen LogP contribution in [0.3, 0.4) is 0 Å². The third-order valence-electron chi connectivity index (χ3n) is 1.09. The molecule has 1 rings (SSSR count). The van der Waals surface area contributed by atoms with Crippen molar-refractivity contribution in [3.63, 3.8) is 0 Å². The third-order valence-corrected chi connectivity index (χ3v) is 1.09. The van der Waals surface area contributed by atoms with E-state index in [1.807, 2.05) is 0 Å². The molecule has 2 nitrogen and oxygen atoms in total. The summed E-state index contributed by atoms with van der Waals surface area (Å²) in [5.74, 6) is 0.692. The van der Waals surface area contributed by atoms with Crippen LogP contribution in [0.15, 0.2) is 24.3 Å². The van der Waals surface area contributed by atoms with Crippen molar-refractivity contribution in [1.82, 2.24) is 0 Å². The zero-order valence-corrected chi connectivity index (χ0v) is 7.23. The summed E-state index contributed by atoms with van der Waals surface area (Å²) in [4.78, 5) is 0. The van der Waals surface area contributed by atoms with E-state index in [2.05, 4.69) is 0 Å². The molecule has 0 aliphatic rings. The number of phenols is 1. The zero-order valence-electron chi connectivity index (χ0n) is 5.66. The van der Waals surface area contributed by atoms with Crippen molar-refractivity contribution in [3.8, 4) is 11.5 Å². The van der Waals surface area contributed by atoms with Gasteiger partial charge in [0, 0.05) is 21.7 Å². The van der Waals surface area contributed by atoms with Crippen molar-refractivity contribution in [2.75, 3.05) is 7.11 Å². The monoisotopic (exact) mass is 172 g/mol. The molecule has 3 heteroatoms. The molecular formula is C7H8O2Ti. The molecule has 0 spiro atoms. The molecule has 0 unspecified atom stereocenters. The van der Waals surface area contributed by atoms with Crippen LogP contribution in [0.4, 0.5) is 0 Å². The number of rotatable bonds is 1. The predicted octanol–water partition coefficient (Wildman–Crippen LogP) is 1.40. The van der Waals surface area contributed by atoms with Crippen LogP contribution in [0, 0.1) is 0 Å². The average Bonchev–Trinajstić information content (AvgIpc) is 1.89. The van der Waals surface area contributed by atoms with E-state index in [-0.39, 0.29) is 27.5 Å². The Hall–Kier alpha value is -0.466. The smallest absolute Gasteiger partial charge is 0.160 e. The molecule has 0 saturated heterocycles. The van der Waals surface area contributed by atoms with Crippen LogP contribution >= 0.6 is 0 Å². The van der Waals surface area contributed by atoms with Gasteiger partial charge in [0.2, 0.25) is 0 Å². The first-order chi connectivity index (χ1) is 4.34. The SMILES string of the molecule is COc1ccccc1O.[Ti]. The molecule has 0 atom stereocenters. The first-order valence-corrected chi connectivity index (χ1v) is 2.66. The van der Waals surface area contributed by atoms with Crippen molar-refractivity contribution >= 4 is 0 Å². The van der Waals surface area contributed by atoms with Crippen molar-refractivity contribution in [2.45, 2.75) is 0 Å². The first kappa shape index (κ1) is 9.53. The molecule has 0 bridgehead atoms. The number of methoxy groups -OCH3 is 1. The van der Waals surface area contributed by atoms with Gasteiger partial charge in [0.1, 0.15) is 0 Å². The van der Waals surface area contributed by atoms with Gasteiger partial charge in [-0.2, -0.15) is 0 Å². The minimum absolute atomic E-state index is 0. The quantitative estimate of drug-likeness (QED) is 0.648. The summed E-state index contributed by atoms with van der Waals surface area (Å²) < 4.78 is 4.79. The Morgan fingerprint density at radius 3 is 2.30 bits per heavy atom. The molecule has 1 aromatic rings. The van der Waals surface area contributed by atoms with Crippen LogP contribution < -0.4 is 4.74 Å². The Labute approximate surface area is 74.7 Å². The fourth-order valence-corrected chi connectivity index (χ4v) is 0.630. The van der Waals surface area contributed by atoms with Crippen LogP contribution in [-0.4, -0.2) is 12.2 Å². The molecule has 0 aromatic heterocycles. The molecule has 0 amide bonds. The van der Waals surface area contributed by atoms with Gasteiger partial charge in [-0.15, -0.1) is 0 Å². The first-order valence-electron chi connectivity index (χ1n) is 2.66. The van der Waals surface area contributed by atoms with E-state index in [0.717, 1.165) is 0 Å². The maximum atomic E-state index is 8.99. The normalized spacial score (nSPS) is 8.10. The van der Waals surface area contributed by atoms with Gasteiger partial charge in [-0.1, -0.05) is 12.1 Å². The summed E-state index contributed by atoms with van der Waals surface area (Å²) in [5, 5.41) is 8.99. The number of hydrogen-bond acceptors (Lipinski definition) is 2. The predicted molar refractivity (Wildman–Crippen MR) is 34.7 cm³/mol. The van der Waals surface area contributed by atoms with Gasteiger partial charge in [0.15, 0.2) is 11.5 Å². The molecular weight excluding hydrogens is 164 g/mol. The molecule has 1 aromatic carbocycles. The van der Waals surface area contributed by atoms with Crippen LogP contribution in [-0.2, 0) is 21.7 Å². The number of para-hydroxylation sites is 2. The standard InChI is InChI=1S/C7H8O2.Ti/c1-9-7-5-3-2-4-6(7)8;/h2-5,8H,1H3;. The minimum atomic E-state index is 0. The summed E-state index contributed by atoms with van der Waals surface area (Å²) in [5.41, 5.74) is 0. The summed E-state index contributed by atoms with van der Waals surface area (Å²) in [6.45, 7) is 0. The van der Waals surface area contributed by atoms with Crippen LogP contribution in [0.2, 0.25) is 0 Å². The van der Waals surface area contributed by atoms with Crippen molar-refractivity contribution in [1.29, 1.82) is 0 Å². The van der Waals surface area contributed by atoms with Gasteiger partial charge in [0.05, 0.1) is 7.11 Å². The van der Waals surface area contributed by atoms with Crippen LogP contribution in [0.25, 0.3) is 0 Å². The van der Waals surface area contributed by atoms with E-state index in [1.54, 1.807) is 24.3 Å². The van der Waals surface area contributed by atoms with Gasteiger partial charge >= 0.3 is 0 Å². The van der Waals surface area contributed by atoms with Crippen LogP contribution in [0.5, 0.6) is 11.5 Å². The zero-order chi connectivity index (χ0) is 6.69. The second kappa shape index (κ2) is 4.37. The molecule has 0 radical (unpaired) electrons. The van der Waals surface area contributed by atoms with E-state index >= 15 is 0 Å². The second-order valence-corrected chi connectivity index (χ2v) is 1.67. The maximum Gasteiger partial charge on any atom is 0.160 e. The van der Waals surface area contributed by atoms with Crippen molar-refractivity contribution < 1.29 is 31.6 Å². The summed E-state index contributed by atoms with van der Waals surface area (Å²) >= 11 is 0. The molecule has 0 aliphatic carbocycles. The molecule has 0 aliphatic heterocycles. The van der Waals surface area contributed by atoms with Gasteiger partial charge in [0.25, 0.3) is 0 Å². The fourth-order valence-electron chi connectivity index (χ4n) is 0.630. The van der Waals surface area contributed by atoms with Gasteiger partial charge in [-0.25, -0.2) is 0 Å². The number of hydrogen-bond donors (Lipinski definition) is 1. The molecule has 1 N–H and O–H groups in total. The third kappa shape index (κ3) is 2.05. The Morgan fingerprint density at radius 1 is 1.30 bits per heavy atom. The van der Waals surface area contributed by atoms with Gasteiger partial charge in [-0.05, 0) is 12.1 Å². The topological polar surface area (TPSA) is 29.5 Å². The molecule has 10 heavy (non-hydrogen) atoms. The summed E-state index contributed by atoms with van der Waals surface area (Å²) in [6.07, 6.45) is 0. The Kier molecular flexibility index (Phi) is 4.16. The minimum Gasteiger partial charge on any atom is -0.504 e. The molecule has 0 fully saturated rings. The largest absolute Gasteiger partial charge is 0.504 e. The van der Waals surface area contributed by atoms with E-state index in [9.17, 15) is 0 Å². The number of aromatic hydroxyl groups is 1. The van der Waals surface area contributed by atoms with E-state index in [1.165, 1.54) is 7.11 Å². The number of benzene rings is 1. The van der Waals surface area contributed by atoms with Crippen molar-refractivity contribution in [2.24, 2.45) is 0 Å².